The summed E-state index contributed by atoms with van der Waals surface area (Å²) in [6.07, 6.45) is 0. The molecule has 0 radical (unpaired) electrons. The standard InChI is InChI=1S/C43H32N4O4/c1-23-20-36(24(2)25(3)39(23)47-41(49)35-19-11-30(22-38(35)43(47)51)27-6-14-32(45)15-7-27)28-8-16-33(17-9-28)46-40(48)34-18-10-29(21-37(34)42(46)50)26-4-12-31(44)13-5-26/h4-22H,44-45H2,1-3H3. The molecule has 6 aromatic rings. The van der Waals surface area contributed by atoms with Crippen LogP contribution in [-0.2, 0) is 0 Å². The molecule has 0 aliphatic carbocycles. The minimum atomic E-state index is -0.381. The number of benzene rings is 6. The predicted molar refractivity (Wildman–Crippen MR) is 201 cm³/mol. The van der Waals surface area contributed by atoms with Gasteiger partial charge in [-0.2, -0.15) is 0 Å². The number of carbonyl (C=O) groups is 4. The third kappa shape index (κ3) is 4.99. The molecule has 0 saturated heterocycles. The molecule has 0 unspecified atom stereocenters. The van der Waals surface area contributed by atoms with Crippen LogP contribution in [0.3, 0.4) is 0 Å². The molecule has 2 heterocycles. The van der Waals surface area contributed by atoms with Gasteiger partial charge in [0.1, 0.15) is 0 Å². The highest BCUT2D eigenvalue weighted by Gasteiger charge is 2.39. The highest BCUT2D eigenvalue weighted by molar-refractivity contribution is 6.36. The molecule has 6 aromatic carbocycles. The van der Waals surface area contributed by atoms with Gasteiger partial charge in [-0.05, 0) is 138 Å². The lowest BCUT2D eigenvalue weighted by Crippen LogP contribution is -2.31. The van der Waals surface area contributed by atoms with Crippen LogP contribution in [0.5, 0.6) is 0 Å². The Morgan fingerprint density at radius 2 is 0.804 bits per heavy atom. The number of hydrogen-bond donors (Lipinski definition) is 2. The number of hydrogen-bond acceptors (Lipinski definition) is 6. The molecular weight excluding hydrogens is 636 g/mol. The van der Waals surface area contributed by atoms with Gasteiger partial charge in [0.2, 0.25) is 0 Å². The van der Waals surface area contributed by atoms with Crippen LogP contribution in [0, 0.1) is 20.8 Å². The Bertz CT molecular complexity index is 2480. The Morgan fingerprint density at radius 3 is 1.31 bits per heavy atom. The summed E-state index contributed by atoms with van der Waals surface area (Å²) in [6.45, 7) is 5.76. The smallest absolute Gasteiger partial charge is 0.266 e. The van der Waals surface area contributed by atoms with E-state index in [-0.39, 0.29) is 23.6 Å². The molecule has 2 aliphatic rings. The van der Waals surface area contributed by atoms with Gasteiger partial charge in [-0.25, -0.2) is 9.80 Å². The third-order valence-electron chi connectivity index (χ3n) is 9.98. The fourth-order valence-corrected chi connectivity index (χ4v) is 7.13. The van der Waals surface area contributed by atoms with Crippen molar-refractivity contribution in [3.8, 4) is 33.4 Å². The van der Waals surface area contributed by atoms with E-state index in [0.29, 0.717) is 45.0 Å². The molecule has 0 atom stereocenters. The van der Waals surface area contributed by atoms with Gasteiger partial charge < -0.3 is 11.5 Å². The minimum absolute atomic E-state index is 0.353. The maximum Gasteiger partial charge on any atom is 0.266 e. The van der Waals surface area contributed by atoms with Crippen LogP contribution < -0.4 is 21.3 Å². The number of carbonyl (C=O) groups excluding carboxylic acids is 4. The number of amides is 4. The number of nitrogen functional groups attached to an aromatic ring is 2. The van der Waals surface area contributed by atoms with Gasteiger partial charge in [-0.1, -0.05) is 48.5 Å². The van der Waals surface area contributed by atoms with Crippen molar-refractivity contribution < 1.29 is 19.2 Å². The Balaban J connectivity index is 1.07. The largest absolute Gasteiger partial charge is 0.399 e. The zero-order chi connectivity index (χ0) is 35.7. The van der Waals surface area contributed by atoms with Gasteiger partial charge in [-0.3, -0.25) is 19.2 Å². The van der Waals surface area contributed by atoms with Gasteiger partial charge in [-0.15, -0.1) is 0 Å². The van der Waals surface area contributed by atoms with Crippen LogP contribution in [0.25, 0.3) is 33.4 Å². The van der Waals surface area contributed by atoms with E-state index in [0.717, 1.165) is 50.1 Å². The van der Waals surface area contributed by atoms with E-state index < -0.39 is 0 Å². The molecule has 0 saturated carbocycles. The second kappa shape index (κ2) is 11.7. The first kappa shape index (κ1) is 31.5. The van der Waals surface area contributed by atoms with Crippen LogP contribution in [0.15, 0.2) is 115 Å². The lowest BCUT2D eigenvalue weighted by atomic mass is 9.92. The third-order valence-corrected chi connectivity index (χ3v) is 9.98. The predicted octanol–water partition coefficient (Wildman–Crippen LogP) is 8.38. The molecule has 0 fully saturated rings. The molecule has 4 amide bonds. The summed E-state index contributed by atoms with van der Waals surface area (Å²) in [6, 6.07) is 34.6. The van der Waals surface area contributed by atoms with E-state index in [1.165, 1.54) is 9.80 Å². The van der Waals surface area contributed by atoms with Gasteiger partial charge in [0.05, 0.1) is 33.6 Å². The lowest BCUT2D eigenvalue weighted by Gasteiger charge is -2.23. The minimum Gasteiger partial charge on any atom is -0.399 e. The molecule has 8 heteroatoms. The first-order chi connectivity index (χ1) is 24.5. The van der Waals surface area contributed by atoms with Crippen molar-refractivity contribution in [2.75, 3.05) is 21.3 Å². The summed E-state index contributed by atoms with van der Waals surface area (Å²) < 4.78 is 0. The van der Waals surface area contributed by atoms with Crippen LogP contribution in [0.2, 0.25) is 0 Å². The Morgan fingerprint density at radius 1 is 0.392 bits per heavy atom. The highest BCUT2D eigenvalue weighted by Crippen LogP contribution is 2.40. The van der Waals surface area contributed by atoms with E-state index in [2.05, 4.69) is 0 Å². The zero-order valence-electron chi connectivity index (χ0n) is 28.2. The molecule has 0 bridgehead atoms. The average Bonchev–Trinajstić information content (AvgIpc) is 3.53. The van der Waals surface area contributed by atoms with Gasteiger partial charge in [0, 0.05) is 11.4 Å². The maximum absolute atomic E-state index is 13.8. The maximum atomic E-state index is 13.8. The van der Waals surface area contributed by atoms with Crippen molar-refractivity contribution in [1.82, 2.24) is 0 Å². The number of imide groups is 2. The zero-order valence-corrected chi connectivity index (χ0v) is 28.2. The second-order valence-corrected chi connectivity index (χ2v) is 13.0. The molecule has 2 aliphatic heterocycles. The first-order valence-corrected chi connectivity index (χ1v) is 16.5. The van der Waals surface area contributed by atoms with Crippen LogP contribution in [-0.4, -0.2) is 23.6 Å². The van der Waals surface area contributed by atoms with Crippen LogP contribution in [0.1, 0.15) is 58.1 Å². The molecular formula is C43H32N4O4. The highest BCUT2D eigenvalue weighted by atomic mass is 16.2. The van der Waals surface area contributed by atoms with Crippen molar-refractivity contribution >= 4 is 46.4 Å². The second-order valence-electron chi connectivity index (χ2n) is 13.0. The summed E-state index contributed by atoms with van der Waals surface area (Å²) in [5, 5.41) is 0. The Hall–Kier alpha value is -6.80. The van der Waals surface area contributed by atoms with E-state index in [4.69, 9.17) is 11.5 Å². The van der Waals surface area contributed by atoms with Crippen molar-refractivity contribution in [2.24, 2.45) is 0 Å². The quantitative estimate of drug-likeness (QED) is 0.140. The molecule has 0 aromatic heterocycles. The number of fused-ring (bicyclic) bond motifs is 2. The SMILES string of the molecule is Cc1cc(-c2ccc(N3C(=O)c4ccc(-c5ccc(N)cc5)cc4C3=O)cc2)c(C)c(C)c1N1C(=O)c2ccc(-c3ccc(N)cc3)cc2C1=O. The van der Waals surface area contributed by atoms with Crippen molar-refractivity contribution in [1.29, 1.82) is 0 Å². The normalized spacial score (nSPS) is 13.6. The molecule has 0 spiro atoms. The van der Waals surface area contributed by atoms with E-state index >= 15 is 0 Å². The van der Waals surface area contributed by atoms with Gasteiger partial charge >= 0.3 is 0 Å². The number of anilines is 4. The molecule has 4 N–H and O–H groups in total. The summed E-state index contributed by atoms with van der Waals surface area (Å²) in [4.78, 5) is 57.0. The molecule has 8 rings (SSSR count). The van der Waals surface area contributed by atoms with Crippen LogP contribution >= 0.6 is 0 Å². The van der Waals surface area contributed by atoms with E-state index in [1.807, 2.05) is 75.4 Å². The lowest BCUT2D eigenvalue weighted by molar-refractivity contribution is 0.0910. The fraction of sp³-hybridized carbons (Fsp3) is 0.0698. The molecule has 248 valence electrons. The Kier molecular flexibility index (Phi) is 7.20. The monoisotopic (exact) mass is 668 g/mol. The number of rotatable bonds is 5. The number of nitrogens with two attached hydrogens (primary N) is 2. The fourth-order valence-electron chi connectivity index (χ4n) is 7.13. The van der Waals surface area contributed by atoms with Crippen molar-refractivity contribution in [2.45, 2.75) is 20.8 Å². The van der Waals surface area contributed by atoms with Crippen molar-refractivity contribution in [3.63, 3.8) is 0 Å². The number of nitrogens with zero attached hydrogens (tertiary/aromatic N) is 2. The van der Waals surface area contributed by atoms with E-state index in [1.54, 1.807) is 60.7 Å². The summed E-state index contributed by atoms with van der Waals surface area (Å²) in [5.41, 5.74) is 23.1. The summed E-state index contributed by atoms with van der Waals surface area (Å²) in [5.74, 6) is -1.48. The topological polar surface area (TPSA) is 127 Å². The molecule has 51 heavy (non-hydrogen) atoms. The summed E-state index contributed by atoms with van der Waals surface area (Å²) in [7, 11) is 0. The van der Waals surface area contributed by atoms with E-state index in [9.17, 15) is 19.2 Å². The van der Waals surface area contributed by atoms with Gasteiger partial charge in [0.15, 0.2) is 0 Å². The molecule has 8 nitrogen and oxygen atoms in total. The van der Waals surface area contributed by atoms with Crippen molar-refractivity contribution in [3.05, 3.63) is 154 Å². The Labute approximate surface area is 294 Å². The summed E-state index contributed by atoms with van der Waals surface area (Å²) >= 11 is 0. The first-order valence-electron chi connectivity index (χ1n) is 16.5. The number of aryl methyl sites for hydroxylation is 1. The van der Waals surface area contributed by atoms with Gasteiger partial charge in [0.25, 0.3) is 23.6 Å². The average molecular weight is 669 g/mol. The van der Waals surface area contributed by atoms with Crippen LogP contribution in [0.4, 0.5) is 22.7 Å².